The van der Waals surface area contributed by atoms with Gasteiger partial charge in [-0.2, -0.15) is 0 Å². The second-order valence-electron chi connectivity index (χ2n) is 11.0. The highest BCUT2D eigenvalue weighted by atomic mass is 32.1. The Morgan fingerprint density at radius 3 is 2.50 bits per heavy atom. The Kier molecular flexibility index (Phi) is 9.81. The van der Waals surface area contributed by atoms with E-state index >= 15 is 0 Å². The van der Waals surface area contributed by atoms with Gasteiger partial charge in [0.25, 0.3) is 0 Å². The van der Waals surface area contributed by atoms with Gasteiger partial charge >= 0.3 is 0 Å². The van der Waals surface area contributed by atoms with Crippen molar-refractivity contribution in [3.63, 3.8) is 0 Å². The summed E-state index contributed by atoms with van der Waals surface area (Å²) in [5.41, 5.74) is 3.24. The Balaban J connectivity index is 2.16. The highest BCUT2D eigenvalue weighted by molar-refractivity contribution is 7.09. The van der Waals surface area contributed by atoms with Crippen LogP contribution >= 0.6 is 11.3 Å². The predicted octanol–water partition coefficient (Wildman–Crippen LogP) is 8.29. The van der Waals surface area contributed by atoms with Gasteiger partial charge in [0.15, 0.2) is 0 Å². The summed E-state index contributed by atoms with van der Waals surface area (Å²) < 4.78 is 0. The number of rotatable bonds is 2. The lowest BCUT2D eigenvalue weighted by Gasteiger charge is -2.32. The van der Waals surface area contributed by atoms with Crippen LogP contribution < -0.4 is 0 Å². The van der Waals surface area contributed by atoms with Crippen molar-refractivity contribution in [2.45, 2.75) is 105 Å². The Morgan fingerprint density at radius 1 is 1.10 bits per heavy atom. The van der Waals surface area contributed by atoms with E-state index in [1.54, 1.807) is 11.3 Å². The summed E-state index contributed by atoms with van der Waals surface area (Å²) in [6, 6.07) is 0.490. The third-order valence-electron chi connectivity index (χ3n) is 6.74. The fourth-order valence-electron chi connectivity index (χ4n) is 4.61. The highest BCUT2D eigenvalue weighted by Gasteiger charge is 2.23. The fraction of sp³-hybridized carbons (Fsp3) is 0.741. The van der Waals surface area contributed by atoms with Crippen LogP contribution in [0.25, 0.3) is 6.08 Å². The van der Waals surface area contributed by atoms with Crippen molar-refractivity contribution in [1.82, 2.24) is 9.88 Å². The highest BCUT2D eigenvalue weighted by Crippen LogP contribution is 2.32. The van der Waals surface area contributed by atoms with Gasteiger partial charge in [-0.3, -0.25) is 4.90 Å². The summed E-state index contributed by atoms with van der Waals surface area (Å²) in [4.78, 5) is 7.27. The average molecular weight is 431 g/mol. The number of aromatic nitrogens is 1. The molecule has 1 aromatic heterocycles. The summed E-state index contributed by atoms with van der Waals surface area (Å²) in [5.74, 6) is 0. The third-order valence-corrected chi connectivity index (χ3v) is 7.53. The molecule has 0 amide bonds. The van der Waals surface area contributed by atoms with E-state index in [0.29, 0.717) is 11.5 Å². The van der Waals surface area contributed by atoms with Gasteiger partial charge in [-0.1, -0.05) is 71.1 Å². The van der Waals surface area contributed by atoms with E-state index in [0.717, 1.165) is 10.7 Å². The second-order valence-corrected chi connectivity index (χ2v) is 12.1. The molecule has 2 rings (SSSR count). The quantitative estimate of drug-likeness (QED) is 0.439. The van der Waals surface area contributed by atoms with E-state index in [2.05, 4.69) is 82.1 Å². The van der Waals surface area contributed by atoms with Gasteiger partial charge in [0.2, 0.25) is 0 Å². The van der Waals surface area contributed by atoms with Crippen molar-refractivity contribution in [1.29, 1.82) is 0 Å². The number of aryl methyl sites for hydroxylation is 1. The zero-order valence-corrected chi connectivity index (χ0v) is 21.6. The van der Waals surface area contributed by atoms with Gasteiger partial charge in [0.05, 0.1) is 10.7 Å². The van der Waals surface area contributed by atoms with Gasteiger partial charge in [-0.25, -0.2) is 4.98 Å². The molecule has 1 atom stereocenters. The molecule has 0 saturated heterocycles. The van der Waals surface area contributed by atoms with Crippen molar-refractivity contribution in [3.8, 4) is 0 Å². The topological polar surface area (TPSA) is 16.1 Å². The summed E-state index contributed by atoms with van der Waals surface area (Å²) in [7, 11) is 2.32. The van der Waals surface area contributed by atoms with Crippen LogP contribution in [0.4, 0.5) is 0 Å². The molecule has 2 heterocycles. The molecule has 30 heavy (non-hydrogen) atoms. The van der Waals surface area contributed by atoms with E-state index in [1.807, 2.05) is 0 Å². The molecule has 0 aliphatic carbocycles. The molecule has 0 spiro atoms. The predicted molar refractivity (Wildman–Crippen MR) is 135 cm³/mol. The molecule has 0 bridgehead atoms. The average Bonchev–Trinajstić information content (AvgIpc) is 3.04. The van der Waals surface area contributed by atoms with E-state index in [-0.39, 0.29) is 5.41 Å². The molecule has 1 aliphatic rings. The Morgan fingerprint density at radius 2 is 1.80 bits per heavy atom. The maximum Gasteiger partial charge on any atom is 0.0901 e. The molecule has 0 aromatic carbocycles. The van der Waals surface area contributed by atoms with Gasteiger partial charge in [0.1, 0.15) is 0 Å². The summed E-state index contributed by atoms with van der Waals surface area (Å²) >= 11 is 1.74. The molecular weight excluding hydrogens is 384 g/mol. The maximum absolute atomic E-state index is 4.67. The summed E-state index contributed by atoms with van der Waals surface area (Å²) in [6.07, 6.45) is 19.0. The van der Waals surface area contributed by atoms with Gasteiger partial charge in [-0.05, 0) is 76.5 Å². The van der Waals surface area contributed by atoms with E-state index in [9.17, 15) is 0 Å². The monoisotopic (exact) mass is 430 g/mol. The lowest BCUT2D eigenvalue weighted by molar-refractivity contribution is 0.233. The minimum absolute atomic E-state index is 0.240. The Labute approximate surface area is 190 Å². The normalized spacial score (nSPS) is 26.4. The molecule has 170 valence electrons. The first-order valence-corrected chi connectivity index (χ1v) is 12.9. The number of hydrogen-bond acceptors (Lipinski definition) is 3. The van der Waals surface area contributed by atoms with Crippen LogP contribution in [0.2, 0.25) is 0 Å². The minimum atomic E-state index is 0.240. The number of thiazole rings is 1. The smallest absolute Gasteiger partial charge is 0.0901 e. The van der Waals surface area contributed by atoms with E-state index in [4.69, 9.17) is 0 Å². The van der Waals surface area contributed by atoms with Crippen LogP contribution in [-0.4, -0.2) is 29.5 Å². The zero-order valence-electron chi connectivity index (χ0n) is 20.8. The molecule has 1 aliphatic heterocycles. The van der Waals surface area contributed by atoms with Crippen LogP contribution in [0, 0.1) is 17.8 Å². The standard InChI is InChI=1S/C27H46N2S/c1-22(20-24-21-30-23(2)28-24)25-14-18-27(5,6)17-13-16-26(3,4)15-11-9-8-10-12-19-29(25)7/h13,17,20-21,25H,8-12,14-16,18-19H2,1-7H3/b17-13+,22-20+. The largest absolute Gasteiger partial charge is 0.300 e. The van der Waals surface area contributed by atoms with Crippen molar-refractivity contribution in [3.05, 3.63) is 33.8 Å². The number of likely N-dealkylation sites (N-methyl/N-ethyl adjacent to an activating group) is 1. The van der Waals surface area contributed by atoms with Crippen LogP contribution in [0.15, 0.2) is 23.1 Å². The van der Waals surface area contributed by atoms with Crippen LogP contribution in [-0.2, 0) is 0 Å². The molecular formula is C27H46N2S. The van der Waals surface area contributed by atoms with Crippen LogP contribution in [0.5, 0.6) is 0 Å². The van der Waals surface area contributed by atoms with Crippen molar-refractivity contribution < 1.29 is 0 Å². The number of nitrogens with zero attached hydrogens (tertiary/aromatic N) is 2. The van der Waals surface area contributed by atoms with E-state index in [1.165, 1.54) is 69.9 Å². The second kappa shape index (κ2) is 11.6. The maximum atomic E-state index is 4.67. The zero-order chi connectivity index (χ0) is 22.2. The first-order valence-electron chi connectivity index (χ1n) is 12.1. The first kappa shape index (κ1) is 25.3. The molecule has 0 saturated carbocycles. The molecule has 1 aromatic rings. The van der Waals surface area contributed by atoms with Crippen LogP contribution in [0.1, 0.15) is 103 Å². The van der Waals surface area contributed by atoms with Gasteiger partial charge in [0, 0.05) is 11.4 Å². The molecule has 0 radical (unpaired) electrons. The minimum Gasteiger partial charge on any atom is -0.300 e. The van der Waals surface area contributed by atoms with Gasteiger partial charge in [-0.15, -0.1) is 11.3 Å². The number of hydrogen-bond donors (Lipinski definition) is 0. The molecule has 1 unspecified atom stereocenters. The third kappa shape index (κ3) is 9.06. The van der Waals surface area contributed by atoms with E-state index < -0.39 is 0 Å². The lowest BCUT2D eigenvalue weighted by Crippen LogP contribution is -2.34. The first-order chi connectivity index (χ1) is 14.1. The van der Waals surface area contributed by atoms with Crippen molar-refractivity contribution >= 4 is 17.4 Å². The summed E-state index contributed by atoms with van der Waals surface area (Å²) in [6.45, 7) is 15.3. The van der Waals surface area contributed by atoms with Gasteiger partial charge < -0.3 is 0 Å². The molecule has 0 fully saturated rings. The summed E-state index contributed by atoms with van der Waals surface area (Å²) in [5, 5.41) is 3.33. The number of allylic oxidation sites excluding steroid dienone is 2. The molecule has 0 N–H and O–H groups in total. The lowest BCUT2D eigenvalue weighted by atomic mass is 9.80. The Hall–Kier alpha value is -0.930. The van der Waals surface area contributed by atoms with Crippen LogP contribution in [0.3, 0.4) is 0 Å². The fourth-order valence-corrected chi connectivity index (χ4v) is 5.18. The SMILES string of the molecule is C/C(=C\c1csc(C)n1)C1CCC(C)(C)/C=C/CC(C)(C)CCCCCCCN1C. The Bertz CT molecular complexity index is 695. The molecule has 2 nitrogen and oxygen atoms in total. The van der Waals surface area contributed by atoms with Crippen molar-refractivity contribution in [2.75, 3.05) is 13.6 Å². The van der Waals surface area contributed by atoms with Crippen molar-refractivity contribution in [2.24, 2.45) is 10.8 Å². The molecule has 3 heteroatoms.